The minimum Gasteiger partial charge on any atom is -0.497 e. The molecule has 1 unspecified atom stereocenters. The summed E-state index contributed by atoms with van der Waals surface area (Å²) >= 11 is 0. The smallest absolute Gasteiger partial charge is 0.303 e. The Bertz CT molecular complexity index is 1200. The summed E-state index contributed by atoms with van der Waals surface area (Å²) in [5.74, 6) is 0.795. The second kappa shape index (κ2) is 13.7. The van der Waals surface area contributed by atoms with Crippen molar-refractivity contribution in [3.8, 4) is 5.75 Å². The molecule has 1 saturated heterocycles. The Kier molecular flexibility index (Phi) is 10.1. The molecule has 2 heterocycles. The van der Waals surface area contributed by atoms with Gasteiger partial charge in [-0.25, -0.2) is 0 Å². The number of ether oxygens (including phenoxy) is 1. The number of pyridine rings is 1. The second-order valence-corrected chi connectivity index (χ2v) is 10.9. The maximum Gasteiger partial charge on any atom is 0.303 e. The van der Waals surface area contributed by atoms with Gasteiger partial charge in [-0.05, 0) is 112 Å². The van der Waals surface area contributed by atoms with Crippen LogP contribution in [0.25, 0.3) is 10.9 Å². The van der Waals surface area contributed by atoms with Gasteiger partial charge in [0.25, 0.3) is 0 Å². The third-order valence-electron chi connectivity index (χ3n) is 8.13. The third kappa shape index (κ3) is 7.78. The molecule has 0 bridgehead atoms. The van der Waals surface area contributed by atoms with Crippen LogP contribution in [0.1, 0.15) is 67.7 Å². The fraction of sp³-hybridized carbons (Fsp3) is 0.500. The van der Waals surface area contributed by atoms with E-state index in [4.69, 9.17) is 4.74 Å². The lowest BCUT2D eigenvalue weighted by atomic mass is 9.79. The van der Waals surface area contributed by atoms with E-state index in [1.54, 1.807) is 13.3 Å². The summed E-state index contributed by atoms with van der Waals surface area (Å²) in [6, 6.07) is 16.4. The molecule has 0 amide bonds. The molecule has 1 aliphatic heterocycles. The van der Waals surface area contributed by atoms with Gasteiger partial charge in [0.05, 0.1) is 18.7 Å². The Balaban J connectivity index is 1.32. The number of nitrogens with zero attached hydrogens (tertiary/aromatic N) is 2. The summed E-state index contributed by atoms with van der Waals surface area (Å²) in [6.07, 6.45) is 8.09. The SMILES string of the molecule is COc1ccc2nccc(C(O)CC[C@@H]3CCN(CCCCc4cccc(C)c4)C[C@@H]3CCC(=O)O)c2c1. The number of likely N-dealkylation sites (tertiary alicyclic amines) is 1. The molecule has 1 fully saturated rings. The Labute approximate surface area is 226 Å². The molecule has 1 aliphatic rings. The normalized spacial score (nSPS) is 18.9. The average molecular weight is 519 g/mol. The van der Waals surface area contributed by atoms with Crippen molar-refractivity contribution in [2.75, 3.05) is 26.7 Å². The Morgan fingerprint density at radius 2 is 2.00 bits per heavy atom. The van der Waals surface area contributed by atoms with Crippen molar-refractivity contribution in [1.82, 2.24) is 9.88 Å². The Hall–Kier alpha value is -2.96. The number of methoxy groups -OCH3 is 1. The zero-order chi connectivity index (χ0) is 26.9. The van der Waals surface area contributed by atoms with Crippen molar-refractivity contribution in [1.29, 1.82) is 0 Å². The molecular formula is C32H42N2O4. The van der Waals surface area contributed by atoms with Gasteiger partial charge in [-0.1, -0.05) is 29.8 Å². The summed E-state index contributed by atoms with van der Waals surface area (Å²) in [5, 5.41) is 21.4. The number of carbonyl (C=O) groups is 1. The van der Waals surface area contributed by atoms with Crippen molar-refractivity contribution < 1.29 is 19.7 Å². The molecular weight excluding hydrogens is 476 g/mol. The lowest BCUT2D eigenvalue weighted by molar-refractivity contribution is -0.137. The van der Waals surface area contributed by atoms with Crippen molar-refractivity contribution >= 4 is 16.9 Å². The largest absolute Gasteiger partial charge is 0.497 e. The molecule has 4 rings (SSSR count). The van der Waals surface area contributed by atoms with E-state index in [0.717, 1.165) is 67.5 Å². The summed E-state index contributed by atoms with van der Waals surface area (Å²) in [6.45, 7) is 5.20. The number of aromatic nitrogens is 1. The number of piperidine rings is 1. The third-order valence-corrected chi connectivity index (χ3v) is 8.13. The van der Waals surface area contributed by atoms with E-state index < -0.39 is 12.1 Å². The molecule has 2 N–H and O–H groups in total. The number of hydrogen-bond donors (Lipinski definition) is 2. The molecule has 0 spiro atoms. The molecule has 38 heavy (non-hydrogen) atoms. The van der Waals surface area contributed by atoms with E-state index in [9.17, 15) is 15.0 Å². The maximum absolute atomic E-state index is 11.4. The van der Waals surface area contributed by atoms with Gasteiger partial charge in [0, 0.05) is 24.5 Å². The number of fused-ring (bicyclic) bond motifs is 1. The molecule has 6 nitrogen and oxygen atoms in total. The minimum atomic E-state index is -0.726. The van der Waals surface area contributed by atoms with Gasteiger partial charge in [-0.15, -0.1) is 0 Å². The van der Waals surface area contributed by atoms with Crippen LogP contribution < -0.4 is 4.74 Å². The van der Waals surface area contributed by atoms with Crippen LogP contribution in [0.15, 0.2) is 54.7 Å². The van der Waals surface area contributed by atoms with Crippen molar-refractivity contribution in [2.45, 2.75) is 64.4 Å². The first-order valence-corrected chi connectivity index (χ1v) is 14.0. The number of carboxylic acids is 1. The van der Waals surface area contributed by atoms with Crippen molar-refractivity contribution in [3.05, 3.63) is 71.4 Å². The number of aliphatic carboxylic acids is 1. The van der Waals surface area contributed by atoms with E-state index in [2.05, 4.69) is 41.1 Å². The number of aliphatic hydroxyl groups excluding tert-OH is 1. The van der Waals surface area contributed by atoms with E-state index in [0.29, 0.717) is 24.7 Å². The lowest BCUT2D eigenvalue weighted by Crippen LogP contribution is -2.41. The van der Waals surface area contributed by atoms with Crippen LogP contribution in [-0.4, -0.2) is 52.8 Å². The number of hydrogen-bond acceptors (Lipinski definition) is 5. The summed E-state index contributed by atoms with van der Waals surface area (Å²) in [5.41, 5.74) is 4.44. The minimum absolute atomic E-state index is 0.208. The van der Waals surface area contributed by atoms with E-state index in [1.807, 2.05) is 24.3 Å². The number of rotatable bonds is 13. The molecule has 0 aliphatic carbocycles. The van der Waals surface area contributed by atoms with Gasteiger partial charge in [0.2, 0.25) is 0 Å². The van der Waals surface area contributed by atoms with Crippen LogP contribution in [0.5, 0.6) is 5.75 Å². The number of carboxylic acid groups (broad SMARTS) is 1. The average Bonchev–Trinajstić information content (AvgIpc) is 2.92. The summed E-state index contributed by atoms with van der Waals surface area (Å²) < 4.78 is 5.38. The first kappa shape index (κ1) is 28.1. The molecule has 0 radical (unpaired) electrons. The standard InChI is InChI=1S/C32H42N2O4/c1-23-6-5-8-24(20-23)7-3-4-18-34-19-16-25(26(22-34)10-14-32(36)37)9-13-31(35)28-15-17-33-30-12-11-27(38-2)21-29(28)30/h5-6,8,11-12,15,17,20-21,25-26,31,35H,3-4,7,9-10,13-14,16,18-19,22H2,1-2H3,(H,36,37)/t25-,26+,31?/m1/s1. The molecule has 3 atom stereocenters. The molecule has 2 aromatic carbocycles. The van der Waals surface area contributed by atoms with E-state index >= 15 is 0 Å². The fourth-order valence-electron chi connectivity index (χ4n) is 6.00. The first-order chi connectivity index (χ1) is 18.4. The van der Waals surface area contributed by atoms with Gasteiger partial charge < -0.3 is 19.8 Å². The number of unbranched alkanes of at least 4 members (excludes halogenated alkanes) is 1. The Morgan fingerprint density at radius 1 is 1.13 bits per heavy atom. The predicted octanol–water partition coefficient (Wildman–Crippen LogP) is 6.19. The second-order valence-electron chi connectivity index (χ2n) is 10.9. The van der Waals surface area contributed by atoms with Crippen LogP contribution in [-0.2, 0) is 11.2 Å². The zero-order valence-electron chi connectivity index (χ0n) is 22.8. The van der Waals surface area contributed by atoms with E-state index in [1.165, 1.54) is 17.5 Å². The van der Waals surface area contributed by atoms with Crippen LogP contribution in [0.2, 0.25) is 0 Å². The highest BCUT2D eigenvalue weighted by Crippen LogP contribution is 2.35. The van der Waals surface area contributed by atoms with Crippen molar-refractivity contribution in [2.24, 2.45) is 11.8 Å². The van der Waals surface area contributed by atoms with Gasteiger partial charge in [-0.2, -0.15) is 0 Å². The van der Waals surface area contributed by atoms with Crippen molar-refractivity contribution in [3.63, 3.8) is 0 Å². The number of aliphatic hydroxyl groups is 1. The topological polar surface area (TPSA) is 82.9 Å². The van der Waals surface area contributed by atoms with Gasteiger partial charge in [0.15, 0.2) is 0 Å². The van der Waals surface area contributed by atoms with Crippen LogP contribution in [0.3, 0.4) is 0 Å². The van der Waals surface area contributed by atoms with Crippen LogP contribution in [0, 0.1) is 18.8 Å². The quantitative estimate of drug-likeness (QED) is 0.263. The summed E-state index contributed by atoms with van der Waals surface area (Å²) in [7, 11) is 1.64. The number of benzene rings is 2. The van der Waals surface area contributed by atoms with Crippen LogP contribution in [0.4, 0.5) is 0 Å². The Morgan fingerprint density at radius 3 is 2.79 bits per heavy atom. The molecule has 204 valence electrons. The highest BCUT2D eigenvalue weighted by molar-refractivity contribution is 5.83. The highest BCUT2D eigenvalue weighted by atomic mass is 16.5. The molecule has 0 saturated carbocycles. The maximum atomic E-state index is 11.4. The molecule has 3 aromatic rings. The van der Waals surface area contributed by atoms with Gasteiger partial charge >= 0.3 is 5.97 Å². The first-order valence-electron chi connectivity index (χ1n) is 14.0. The van der Waals surface area contributed by atoms with Gasteiger partial charge in [0.1, 0.15) is 5.75 Å². The lowest BCUT2D eigenvalue weighted by Gasteiger charge is -2.39. The predicted molar refractivity (Wildman–Crippen MR) is 152 cm³/mol. The molecule has 1 aromatic heterocycles. The number of aryl methyl sites for hydroxylation is 2. The van der Waals surface area contributed by atoms with Crippen LogP contribution >= 0.6 is 0 Å². The molecule has 6 heteroatoms. The van der Waals surface area contributed by atoms with Gasteiger partial charge in [-0.3, -0.25) is 9.78 Å². The summed E-state index contributed by atoms with van der Waals surface area (Å²) in [4.78, 5) is 18.3. The monoisotopic (exact) mass is 518 g/mol. The highest BCUT2D eigenvalue weighted by Gasteiger charge is 2.30. The fourth-order valence-corrected chi connectivity index (χ4v) is 6.00. The van der Waals surface area contributed by atoms with E-state index in [-0.39, 0.29) is 6.42 Å². The zero-order valence-corrected chi connectivity index (χ0v) is 22.8.